The summed E-state index contributed by atoms with van der Waals surface area (Å²) in [4.78, 5) is 0. The molecule has 0 heterocycles. The van der Waals surface area contributed by atoms with Gasteiger partial charge in [0.2, 0.25) is 0 Å². The van der Waals surface area contributed by atoms with E-state index < -0.39 is 0 Å². The maximum atomic E-state index is 6.37. The van der Waals surface area contributed by atoms with Crippen molar-refractivity contribution < 1.29 is 0 Å². The Balaban J connectivity index is 2.96. The average molecular weight is 183 g/mol. The van der Waals surface area contributed by atoms with Crippen LogP contribution in [0.2, 0.25) is 0 Å². The first-order valence-corrected chi connectivity index (χ1v) is 5.36. The van der Waals surface area contributed by atoms with Gasteiger partial charge in [-0.1, -0.05) is 34.6 Å². The molecule has 0 aliphatic heterocycles. The normalized spacial score (nSPS) is 43.2. The Labute approximate surface area is 83.1 Å². The minimum Gasteiger partial charge on any atom is -0.325 e. The van der Waals surface area contributed by atoms with Gasteiger partial charge in [-0.25, -0.2) is 0 Å². The summed E-state index contributed by atoms with van der Waals surface area (Å²) in [6, 6.07) is 0. The lowest BCUT2D eigenvalue weighted by Crippen LogP contribution is -2.56. The molecule has 0 spiro atoms. The highest BCUT2D eigenvalue weighted by Gasteiger charge is 2.48. The monoisotopic (exact) mass is 183 g/mol. The Bertz CT molecular complexity index is 181. The molecule has 2 N–H and O–H groups in total. The fourth-order valence-corrected chi connectivity index (χ4v) is 3.53. The van der Waals surface area contributed by atoms with Gasteiger partial charge in [0.1, 0.15) is 0 Å². The number of nitrogens with two attached hydrogens (primary N) is 1. The summed E-state index contributed by atoms with van der Waals surface area (Å²) in [5, 5.41) is 0. The van der Waals surface area contributed by atoms with Crippen LogP contribution >= 0.6 is 0 Å². The molecule has 13 heavy (non-hydrogen) atoms. The highest BCUT2D eigenvalue weighted by molar-refractivity contribution is 5.02. The third-order valence-electron chi connectivity index (χ3n) is 3.96. The molecule has 0 aromatic carbocycles. The van der Waals surface area contributed by atoms with E-state index in [1.54, 1.807) is 0 Å². The van der Waals surface area contributed by atoms with Gasteiger partial charge in [-0.05, 0) is 36.5 Å². The van der Waals surface area contributed by atoms with Crippen molar-refractivity contribution in [2.75, 3.05) is 0 Å². The van der Waals surface area contributed by atoms with E-state index in [-0.39, 0.29) is 5.54 Å². The van der Waals surface area contributed by atoms with Crippen molar-refractivity contribution in [2.24, 2.45) is 22.5 Å². The molecule has 1 nitrogen and oxygen atoms in total. The molecular weight excluding hydrogens is 158 g/mol. The fraction of sp³-hybridized carbons (Fsp3) is 1.00. The molecule has 0 bridgehead atoms. The molecule has 0 aromatic heterocycles. The summed E-state index contributed by atoms with van der Waals surface area (Å²) in [5.41, 5.74) is 7.16. The highest BCUT2D eigenvalue weighted by atomic mass is 14.8. The van der Waals surface area contributed by atoms with Crippen molar-refractivity contribution in [1.29, 1.82) is 0 Å². The van der Waals surface area contributed by atoms with Crippen LogP contribution in [-0.4, -0.2) is 5.54 Å². The van der Waals surface area contributed by atoms with Crippen LogP contribution in [0.15, 0.2) is 0 Å². The van der Waals surface area contributed by atoms with Crippen molar-refractivity contribution in [3.8, 4) is 0 Å². The predicted molar refractivity (Wildman–Crippen MR) is 58.6 cm³/mol. The number of hydrogen-bond acceptors (Lipinski definition) is 1. The number of rotatable bonds is 0. The lowest BCUT2D eigenvalue weighted by molar-refractivity contribution is -0.00315. The zero-order valence-electron chi connectivity index (χ0n) is 10.1. The van der Waals surface area contributed by atoms with Crippen molar-refractivity contribution in [1.82, 2.24) is 0 Å². The molecule has 78 valence electrons. The Morgan fingerprint density at radius 3 is 1.85 bits per heavy atom. The predicted octanol–water partition coefficient (Wildman–Crippen LogP) is 3.19. The van der Waals surface area contributed by atoms with E-state index in [9.17, 15) is 0 Å². The second-order valence-electron chi connectivity index (χ2n) is 6.73. The zero-order valence-corrected chi connectivity index (χ0v) is 10.1. The molecule has 2 unspecified atom stereocenters. The van der Waals surface area contributed by atoms with Gasteiger partial charge in [0.05, 0.1) is 0 Å². The second-order valence-corrected chi connectivity index (χ2v) is 6.73. The van der Waals surface area contributed by atoms with Crippen LogP contribution in [0.25, 0.3) is 0 Å². The van der Waals surface area contributed by atoms with Crippen LogP contribution < -0.4 is 5.73 Å². The highest BCUT2D eigenvalue weighted by Crippen LogP contribution is 2.52. The second kappa shape index (κ2) is 2.73. The summed E-state index contributed by atoms with van der Waals surface area (Å²) in [6.07, 6.45) is 2.43. The van der Waals surface area contributed by atoms with Crippen LogP contribution in [0.3, 0.4) is 0 Å². The summed E-state index contributed by atoms with van der Waals surface area (Å²) >= 11 is 0. The molecule has 0 saturated heterocycles. The maximum absolute atomic E-state index is 6.37. The van der Waals surface area contributed by atoms with E-state index in [2.05, 4.69) is 41.5 Å². The SMILES string of the molecule is CC1C(C)(C)CC(C)(C)CC1(C)N. The van der Waals surface area contributed by atoms with Crippen molar-refractivity contribution >= 4 is 0 Å². The molecule has 2 atom stereocenters. The smallest absolute Gasteiger partial charge is 0.0161 e. The van der Waals surface area contributed by atoms with E-state index in [0.29, 0.717) is 16.7 Å². The van der Waals surface area contributed by atoms with Gasteiger partial charge in [0.15, 0.2) is 0 Å². The van der Waals surface area contributed by atoms with Gasteiger partial charge in [-0.15, -0.1) is 0 Å². The van der Waals surface area contributed by atoms with E-state index in [1.807, 2.05) is 0 Å². The minimum absolute atomic E-state index is 0.00521. The quantitative estimate of drug-likeness (QED) is 0.613. The van der Waals surface area contributed by atoms with Crippen LogP contribution in [0.4, 0.5) is 0 Å². The third kappa shape index (κ3) is 2.07. The molecule has 1 heteroatoms. The van der Waals surface area contributed by atoms with Gasteiger partial charge < -0.3 is 5.73 Å². The summed E-state index contributed by atoms with van der Waals surface area (Å²) in [6.45, 7) is 13.9. The van der Waals surface area contributed by atoms with Crippen LogP contribution in [0.5, 0.6) is 0 Å². The van der Waals surface area contributed by atoms with E-state index in [1.165, 1.54) is 6.42 Å². The van der Waals surface area contributed by atoms with Crippen LogP contribution in [0.1, 0.15) is 54.4 Å². The molecule has 0 amide bonds. The Hall–Kier alpha value is -0.0400. The molecular formula is C12H25N. The van der Waals surface area contributed by atoms with E-state index in [4.69, 9.17) is 5.73 Å². The first-order valence-electron chi connectivity index (χ1n) is 5.36. The fourth-order valence-electron chi connectivity index (χ4n) is 3.53. The van der Waals surface area contributed by atoms with Gasteiger partial charge >= 0.3 is 0 Å². The molecule has 1 saturated carbocycles. The van der Waals surface area contributed by atoms with Gasteiger partial charge in [0.25, 0.3) is 0 Å². The average Bonchev–Trinajstić information content (AvgIpc) is 1.77. The lowest BCUT2D eigenvalue weighted by atomic mass is 9.54. The number of hydrogen-bond donors (Lipinski definition) is 1. The van der Waals surface area contributed by atoms with Crippen molar-refractivity contribution in [2.45, 2.75) is 59.9 Å². The Kier molecular flexibility index (Phi) is 2.31. The minimum atomic E-state index is 0.00521. The molecule has 1 aliphatic carbocycles. The first-order chi connectivity index (χ1) is 5.57. The largest absolute Gasteiger partial charge is 0.325 e. The molecule has 1 fully saturated rings. The van der Waals surface area contributed by atoms with Crippen molar-refractivity contribution in [3.05, 3.63) is 0 Å². The Morgan fingerprint density at radius 1 is 1.00 bits per heavy atom. The zero-order chi connectivity index (χ0) is 10.5. The van der Waals surface area contributed by atoms with Crippen LogP contribution in [0, 0.1) is 16.7 Å². The van der Waals surface area contributed by atoms with Gasteiger partial charge in [0, 0.05) is 5.54 Å². The summed E-state index contributed by atoms with van der Waals surface area (Å²) in [7, 11) is 0. The molecule has 1 aliphatic rings. The van der Waals surface area contributed by atoms with E-state index >= 15 is 0 Å². The summed E-state index contributed by atoms with van der Waals surface area (Å²) < 4.78 is 0. The molecule has 1 rings (SSSR count). The Morgan fingerprint density at radius 2 is 1.46 bits per heavy atom. The summed E-state index contributed by atoms with van der Waals surface area (Å²) in [5.74, 6) is 0.605. The van der Waals surface area contributed by atoms with Gasteiger partial charge in [-0.3, -0.25) is 0 Å². The topological polar surface area (TPSA) is 26.0 Å². The lowest BCUT2D eigenvalue weighted by Gasteiger charge is -2.54. The molecule has 0 radical (unpaired) electrons. The molecule has 0 aromatic rings. The standard InChI is InChI=1S/C12H25N/c1-9-11(4,5)7-10(2,3)8-12(9,6)13/h9H,7-8,13H2,1-6H3. The van der Waals surface area contributed by atoms with Crippen molar-refractivity contribution in [3.63, 3.8) is 0 Å². The van der Waals surface area contributed by atoms with Gasteiger partial charge in [-0.2, -0.15) is 0 Å². The third-order valence-corrected chi connectivity index (χ3v) is 3.96. The van der Waals surface area contributed by atoms with Crippen LogP contribution in [-0.2, 0) is 0 Å². The van der Waals surface area contributed by atoms with E-state index in [0.717, 1.165) is 6.42 Å². The first kappa shape index (κ1) is 11.0. The maximum Gasteiger partial charge on any atom is 0.0161 e.